The lowest BCUT2D eigenvalue weighted by molar-refractivity contribution is 0.298. The van der Waals surface area contributed by atoms with Crippen molar-refractivity contribution in [2.45, 2.75) is 67.2 Å². The first-order chi connectivity index (χ1) is 44.1. The van der Waals surface area contributed by atoms with Gasteiger partial charge in [-0.15, -0.1) is 22.5 Å². The molecular weight excluding hydrogens is 1180 g/mol. The van der Waals surface area contributed by atoms with E-state index in [-0.39, 0.29) is 43.5 Å². The molecule has 27 heteroatoms. The first-order valence-corrected chi connectivity index (χ1v) is 28.8. The molecule has 0 aliphatic carbocycles. The van der Waals surface area contributed by atoms with E-state index in [2.05, 4.69) is 31.5 Å². The molecule has 6 aromatic carbocycles. The minimum absolute atomic E-state index is 0.0394. The van der Waals surface area contributed by atoms with Crippen molar-refractivity contribution >= 4 is 17.1 Å². The fraction of sp³-hybridized carbons (Fsp3) is 0.215. The van der Waals surface area contributed by atoms with Gasteiger partial charge in [0.05, 0.1) is 87.9 Å². The number of benzene rings is 6. The summed E-state index contributed by atoms with van der Waals surface area (Å²) < 4.78 is 10.7. The maximum Gasteiger partial charge on any atom is 0.345 e. The minimum Gasteiger partial charge on any atom is -0.399 e. The van der Waals surface area contributed by atoms with Crippen molar-refractivity contribution in [3.05, 3.63) is 247 Å². The van der Waals surface area contributed by atoms with Gasteiger partial charge in [0.2, 0.25) is 0 Å². The van der Waals surface area contributed by atoms with Crippen molar-refractivity contribution in [2.24, 2.45) is 0 Å². The van der Waals surface area contributed by atoms with Crippen LogP contribution in [0.3, 0.4) is 0 Å². The van der Waals surface area contributed by atoms with E-state index in [1.807, 2.05) is 0 Å². The van der Waals surface area contributed by atoms with E-state index in [1.165, 1.54) is 9.36 Å². The van der Waals surface area contributed by atoms with Crippen LogP contribution in [0, 0.1) is 53.9 Å². The number of hydrogen-bond donors (Lipinski definition) is 7. The van der Waals surface area contributed by atoms with Crippen molar-refractivity contribution in [1.29, 1.82) is 0 Å². The lowest BCUT2D eigenvalue weighted by Gasteiger charge is -2.18. The molecular formula is C65H67N17O10. The van der Waals surface area contributed by atoms with E-state index in [1.54, 1.807) is 180 Å². The number of imidazole rings is 1. The number of nitrogens with two attached hydrogens (primary N) is 3. The lowest BCUT2D eigenvalue weighted by atomic mass is 10.1. The summed E-state index contributed by atoms with van der Waals surface area (Å²) in [4.78, 5) is 88.8. The van der Waals surface area contributed by atoms with Crippen molar-refractivity contribution < 1.29 is 20.4 Å². The van der Waals surface area contributed by atoms with Crippen molar-refractivity contribution in [1.82, 2.24) is 66.9 Å². The Morgan fingerprint density at radius 2 is 0.685 bits per heavy atom. The summed E-state index contributed by atoms with van der Waals surface area (Å²) in [6.07, 6.45) is 13.1. The summed E-state index contributed by atoms with van der Waals surface area (Å²) in [7, 11) is 0. The number of nitrogen functional groups attached to an aromatic ring is 3. The van der Waals surface area contributed by atoms with E-state index in [0.29, 0.717) is 122 Å². The first-order valence-electron chi connectivity index (χ1n) is 28.8. The van der Waals surface area contributed by atoms with Crippen LogP contribution in [0.2, 0.25) is 0 Å². The van der Waals surface area contributed by atoms with E-state index in [9.17, 15) is 44.1 Å². The normalized spacial score (nSPS) is 11.0. The third-order valence-corrected chi connectivity index (χ3v) is 14.8. The highest BCUT2D eigenvalue weighted by Crippen LogP contribution is 2.23. The van der Waals surface area contributed by atoms with Crippen LogP contribution in [0.5, 0.6) is 0 Å². The molecule has 0 aliphatic rings. The van der Waals surface area contributed by atoms with Crippen LogP contribution in [0.15, 0.2) is 163 Å². The molecule has 0 fully saturated rings. The summed E-state index contributed by atoms with van der Waals surface area (Å²) >= 11 is 0. The predicted octanol–water partition coefficient (Wildman–Crippen LogP) is 2.83. The summed E-state index contributed by atoms with van der Waals surface area (Å²) in [5.74, 6) is 2.27. The average Bonchev–Trinajstić information content (AvgIpc) is 0.870. The van der Waals surface area contributed by atoms with Crippen molar-refractivity contribution in [3.8, 4) is 63.5 Å². The van der Waals surface area contributed by atoms with Gasteiger partial charge in [-0.2, -0.15) is 0 Å². The molecule has 0 aliphatic heterocycles. The molecule has 0 amide bonds. The predicted molar refractivity (Wildman–Crippen MR) is 348 cm³/mol. The SMILES string of the molecule is C#CCCO.Cc1cc(-n2cnc(CCO)c2)ccc1-n1c(=O)n(-c2ccc(-n3cc(CCO)nn3)cc2C)c(=O)n(-c2ccc(-n3cc(CCO)nn3)cc2C)c1=O.Cc1cc(N)ccc1-n1c(=O)n(-c2ccc(N)cc2C)c(=O)n(-c2ccc(N)cc2C)c1=O. The number of aromatic nitrogens is 14. The quantitative estimate of drug-likeness (QED) is 0.0540. The molecule has 0 saturated carbocycles. The van der Waals surface area contributed by atoms with Crippen LogP contribution in [0.25, 0.3) is 51.2 Å². The highest BCUT2D eigenvalue weighted by Gasteiger charge is 2.25. The highest BCUT2D eigenvalue weighted by molar-refractivity contribution is 5.56. The van der Waals surface area contributed by atoms with E-state index >= 15 is 0 Å². The smallest absolute Gasteiger partial charge is 0.345 e. The zero-order valence-corrected chi connectivity index (χ0v) is 51.2. The Hall–Kier alpha value is -11.6. The second kappa shape index (κ2) is 27.9. The number of aliphatic hydroxyl groups excluding tert-OH is 4. The van der Waals surface area contributed by atoms with E-state index in [4.69, 9.17) is 28.7 Å². The Kier molecular flexibility index (Phi) is 19.7. The van der Waals surface area contributed by atoms with Crippen LogP contribution >= 0.6 is 0 Å². The van der Waals surface area contributed by atoms with Gasteiger partial charge in [-0.25, -0.2) is 70.5 Å². The van der Waals surface area contributed by atoms with Crippen LogP contribution in [-0.4, -0.2) is 114 Å². The molecule has 11 aromatic rings. The number of aliphatic hydroxyl groups is 4. The third-order valence-electron chi connectivity index (χ3n) is 14.8. The van der Waals surface area contributed by atoms with Crippen LogP contribution in [-0.2, 0) is 19.3 Å². The fourth-order valence-electron chi connectivity index (χ4n) is 10.4. The molecule has 0 bridgehead atoms. The molecule has 11 rings (SSSR count). The molecule has 27 nitrogen and oxygen atoms in total. The highest BCUT2D eigenvalue weighted by atomic mass is 16.3. The molecule has 0 unspecified atom stereocenters. The molecule has 5 aromatic heterocycles. The minimum atomic E-state index is -0.867. The van der Waals surface area contributed by atoms with Gasteiger partial charge >= 0.3 is 34.1 Å². The van der Waals surface area contributed by atoms with Crippen molar-refractivity contribution in [2.75, 3.05) is 43.6 Å². The summed E-state index contributed by atoms with van der Waals surface area (Å²) in [5.41, 5.74) is 23.2. The van der Waals surface area contributed by atoms with Gasteiger partial charge in [-0.05, 0) is 184 Å². The Bertz CT molecular complexity index is 4470. The molecule has 5 heterocycles. The molecule has 0 radical (unpaired) electrons. The zero-order chi connectivity index (χ0) is 66.2. The number of hydrogen-bond acceptors (Lipinski definition) is 18. The average molecular weight is 1250 g/mol. The van der Waals surface area contributed by atoms with E-state index < -0.39 is 34.1 Å². The Balaban J connectivity index is 0.000000224. The summed E-state index contributed by atoms with van der Waals surface area (Å²) in [6.45, 7) is 10.4. The molecule has 0 spiro atoms. The number of terminal acetylenes is 1. The second-order valence-corrected chi connectivity index (χ2v) is 21.4. The molecule has 92 heavy (non-hydrogen) atoms. The van der Waals surface area contributed by atoms with Gasteiger partial charge in [0.1, 0.15) is 0 Å². The van der Waals surface area contributed by atoms with Gasteiger partial charge in [-0.1, -0.05) is 10.4 Å². The number of aryl methyl sites for hydroxylation is 6. The lowest BCUT2D eigenvalue weighted by Crippen LogP contribution is -2.53. The standard InChI is InChI=1S/C37H37N11O6.C24H24N6O3.C4H6O/c1-23-16-29(43-19-26(10-13-49)38-22-43)4-7-32(23)46-35(52)47(33-8-5-30(17-24(33)2)44-20-27(11-14-50)39-41-44)37(54)48(36(46)53)34-9-6-31(18-25(34)3)45-21-28(12-15-51)40-42-45;1-13-10-16(25)4-7-19(13)28-22(31)29(20-8-5-17(26)11-14(20)2)24(33)30(23(28)32)21-9-6-18(27)12-15(21)3;1-2-3-4-5/h4-9,16-22,49-51H,10-15H2,1-3H3;4-12H,25-27H2,1-3H3;1,5H,3-4H2. The van der Waals surface area contributed by atoms with Crippen molar-refractivity contribution in [3.63, 3.8) is 0 Å². The van der Waals surface area contributed by atoms with Gasteiger partial charge in [0.15, 0.2) is 0 Å². The van der Waals surface area contributed by atoms with Gasteiger partial charge < -0.3 is 42.2 Å². The van der Waals surface area contributed by atoms with Gasteiger partial charge in [0.25, 0.3) is 0 Å². The summed E-state index contributed by atoms with van der Waals surface area (Å²) in [6, 6.07) is 29.8. The number of anilines is 3. The maximum absolute atomic E-state index is 14.5. The second-order valence-electron chi connectivity index (χ2n) is 21.4. The number of rotatable bonds is 16. The molecule has 10 N–H and O–H groups in total. The van der Waals surface area contributed by atoms with Crippen LogP contribution in [0.4, 0.5) is 17.1 Å². The number of nitrogens with zero attached hydrogens (tertiary/aromatic N) is 14. The summed E-state index contributed by atoms with van der Waals surface area (Å²) in [5, 5.41) is 52.3. The monoisotopic (exact) mass is 1250 g/mol. The molecule has 0 atom stereocenters. The van der Waals surface area contributed by atoms with Crippen LogP contribution < -0.4 is 51.3 Å². The largest absolute Gasteiger partial charge is 0.399 e. The fourth-order valence-corrected chi connectivity index (χ4v) is 10.4. The van der Waals surface area contributed by atoms with Gasteiger partial charge in [0, 0.05) is 74.5 Å². The molecule has 472 valence electrons. The first kappa shape index (κ1) is 64.9. The van der Waals surface area contributed by atoms with E-state index in [0.717, 1.165) is 33.1 Å². The third kappa shape index (κ3) is 13.2. The maximum atomic E-state index is 14.5. The zero-order valence-electron chi connectivity index (χ0n) is 51.2. The Morgan fingerprint density at radius 3 is 0.967 bits per heavy atom. The Labute approximate surface area is 524 Å². The van der Waals surface area contributed by atoms with Crippen LogP contribution in [0.1, 0.15) is 56.9 Å². The Morgan fingerprint density at radius 1 is 0.391 bits per heavy atom. The molecule has 0 saturated heterocycles. The topological polar surface area (TPSA) is 370 Å². The van der Waals surface area contributed by atoms with Gasteiger partial charge in [-0.3, -0.25) is 0 Å².